The number of nitrogens with one attached hydrogen (secondary N) is 1. The highest BCUT2D eigenvalue weighted by Crippen LogP contribution is 2.33. The highest BCUT2D eigenvalue weighted by atomic mass is 79.9. The topological polar surface area (TPSA) is 66.0 Å². The zero-order valence-electron chi connectivity index (χ0n) is 10.8. The molecular formula is C13H19BrN4. The van der Waals surface area contributed by atoms with Gasteiger partial charge in [-0.2, -0.15) is 0 Å². The molecule has 0 bridgehead atoms. The lowest BCUT2D eigenvalue weighted by Gasteiger charge is -2.39. The molecule has 1 aromatic rings. The minimum atomic E-state index is -0.139. The SMILES string of the molecule is Cc1cc(Br)cnc1N1CCC(C)(C(=N)N)CC1. The van der Waals surface area contributed by atoms with Crippen molar-refractivity contribution in [3.8, 4) is 0 Å². The van der Waals surface area contributed by atoms with Crippen LogP contribution in [0.5, 0.6) is 0 Å². The average Bonchev–Trinajstić information content (AvgIpc) is 2.31. The first-order chi connectivity index (χ1) is 8.42. The number of rotatable bonds is 2. The van der Waals surface area contributed by atoms with Gasteiger partial charge in [-0.05, 0) is 47.3 Å². The molecule has 98 valence electrons. The third-order valence-corrected chi connectivity index (χ3v) is 4.27. The number of piperidine rings is 1. The van der Waals surface area contributed by atoms with Gasteiger partial charge in [-0.1, -0.05) is 6.92 Å². The maximum Gasteiger partial charge on any atom is 0.131 e. The van der Waals surface area contributed by atoms with E-state index >= 15 is 0 Å². The predicted octanol–water partition coefficient (Wildman–Crippen LogP) is 2.69. The smallest absolute Gasteiger partial charge is 0.131 e. The number of hydrogen-bond donors (Lipinski definition) is 2. The zero-order chi connectivity index (χ0) is 13.3. The number of nitrogens with two attached hydrogens (primary N) is 1. The summed E-state index contributed by atoms with van der Waals surface area (Å²) < 4.78 is 1.01. The van der Waals surface area contributed by atoms with Crippen molar-refractivity contribution in [2.45, 2.75) is 26.7 Å². The quantitative estimate of drug-likeness (QED) is 0.652. The Kier molecular flexibility index (Phi) is 3.61. The van der Waals surface area contributed by atoms with Crippen molar-refractivity contribution in [1.29, 1.82) is 5.41 Å². The van der Waals surface area contributed by atoms with Gasteiger partial charge in [-0.25, -0.2) is 4.98 Å². The highest BCUT2D eigenvalue weighted by Gasteiger charge is 2.33. The Bertz CT molecular complexity index is 464. The molecule has 5 heteroatoms. The van der Waals surface area contributed by atoms with Gasteiger partial charge < -0.3 is 10.6 Å². The van der Waals surface area contributed by atoms with Crippen molar-refractivity contribution in [2.24, 2.45) is 11.1 Å². The number of amidine groups is 1. The van der Waals surface area contributed by atoms with E-state index in [0.717, 1.165) is 36.2 Å². The van der Waals surface area contributed by atoms with Crippen LogP contribution in [0.3, 0.4) is 0 Å². The van der Waals surface area contributed by atoms with Crippen LogP contribution in [0, 0.1) is 17.7 Å². The molecule has 4 nitrogen and oxygen atoms in total. The van der Waals surface area contributed by atoms with Gasteiger partial charge in [0.1, 0.15) is 5.82 Å². The van der Waals surface area contributed by atoms with Crippen LogP contribution in [-0.2, 0) is 0 Å². The van der Waals surface area contributed by atoms with Crippen LogP contribution in [0.15, 0.2) is 16.7 Å². The van der Waals surface area contributed by atoms with Crippen LogP contribution < -0.4 is 10.6 Å². The minimum Gasteiger partial charge on any atom is -0.387 e. The van der Waals surface area contributed by atoms with E-state index in [4.69, 9.17) is 11.1 Å². The molecule has 2 heterocycles. The second-order valence-electron chi connectivity index (χ2n) is 5.26. The second-order valence-corrected chi connectivity index (χ2v) is 6.17. The first-order valence-electron chi connectivity index (χ1n) is 6.14. The Hall–Kier alpha value is -1.10. The zero-order valence-corrected chi connectivity index (χ0v) is 12.4. The number of pyridine rings is 1. The highest BCUT2D eigenvalue weighted by molar-refractivity contribution is 9.10. The van der Waals surface area contributed by atoms with E-state index in [1.54, 1.807) is 0 Å². The van der Waals surface area contributed by atoms with Gasteiger partial charge in [0.25, 0.3) is 0 Å². The monoisotopic (exact) mass is 310 g/mol. The van der Waals surface area contributed by atoms with Gasteiger partial charge in [0.05, 0.1) is 5.84 Å². The summed E-state index contributed by atoms with van der Waals surface area (Å²) in [5, 5.41) is 7.66. The molecule has 2 rings (SSSR count). The summed E-state index contributed by atoms with van der Waals surface area (Å²) in [7, 11) is 0. The third-order valence-electron chi connectivity index (χ3n) is 3.83. The molecule has 0 spiro atoms. The normalized spacial score (nSPS) is 18.7. The van der Waals surface area contributed by atoms with Gasteiger partial charge in [0.15, 0.2) is 0 Å². The lowest BCUT2D eigenvalue weighted by molar-refractivity contribution is 0.349. The maximum absolute atomic E-state index is 7.66. The lowest BCUT2D eigenvalue weighted by atomic mass is 9.79. The number of anilines is 1. The summed E-state index contributed by atoms with van der Waals surface area (Å²) in [4.78, 5) is 6.77. The summed E-state index contributed by atoms with van der Waals surface area (Å²) in [5.41, 5.74) is 6.72. The molecule has 0 radical (unpaired) electrons. The molecule has 1 aliphatic rings. The van der Waals surface area contributed by atoms with E-state index in [1.165, 1.54) is 5.56 Å². The Morgan fingerprint density at radius 2 is 2.11 bits per heavy atom. The summed E-state index contributed by atoms with van der Waals surface area (Å²) in [5.74, 6) is 1.35. The van der Waals surface area contributed by atoms with Crippen LogP contribution in [0.2, 0.25) is 0 Å². The predicted molar refractivity (Wildman–Crippen MR) is 78.1 cm³/mol. The van der Waals surface area contributed by atoms with Crippen molar-refractivity contribution in [3.63, 3.8) is 0 Å². The van der Waals surface area contributed by atoms with E-state index in [1.807, 2.05) is 6.20 Å². The van der Waals surface area contributed by atoms with Gasteiger partial charge in [-0.15, -0.1) is 0 Å². The number of aryl methyl sites for hydroxylation is 1. The van der Waals surface area contributed by atoms with Crippen molar-refractivity contribution in [3.05, 3.63) is 22.3 Å². The van der Waals surface area contributed by atoms with Crippen molar-refractivity contribution in [2.75, 3.05) is 18.0 Å². The molecule has 3 N–H and O–H groups in total. The van der Waals surface area contributed by atoms with Crippen LogP contribution in [0.25, 0.3) is 0 Å². The van der Waals surface area contributed by atoms with Gasteiger partial charge >= 0.3 is 0 Å². The Balaban J connectivity index is 2.12. The first-order valence-corrected chi connectivity index (χ1v) is 6.93. The van der Waals surface area contributed by atoms with Crippen LogP contribution in [-0.4, -0.2) is 23.9 Å². The van der Waals surface area contributed by atoms with Crippen molar-refractivity contribution in [1.82, 2.24) is 4.98 Å². The van der Waals surface area contributed by atoms with Crippen molar-refractivity contribution < 1.29 is 0 Å². The fraction of sp³-hybridized carbons (Fsp3) is 0.538. The standard InChI is InChI=1S/C13H19BrN4/c1-9-7-10(14)8-17-11(9)18-5-3-13(2,4-6-18)12(15)16/h7-8H,3-6H2,1-2H3,(H3,15,16). The minimum absolute atomic E-state index is 0.139. The Morgan fingerprint density at radius 3 is 2.61 bits per heavy atom. The molecule has 0 aromatic carbocycles. The van der Waals surface area contributed by atoms with Crippen molar-refractivity contribution >= 4 is 27.6 Å². The van der Waals surface area contributed by atoms with Crippen LogP contribution in [0.1, 0.15) is 25.3 Å². The molecule has 0 amide bonds. The largest absolute Gasteiger partial charge is 0.387 e. The molecule has 1 aromatic heterocycles. The third kappa shape index (κ3) is 2.51. The summed E-state index contributed by atoms with van der Waals surface area (Å²) in [6.07, 6.45) is 3.67. The van der Waals surface area contributed by atoms with Gasteiger partial charge in [0.2, 0.25) is 0 Å². The lowest BCUT2D eigenvalue weighted by Crippen LogP contribution is -2.45. The molecule has 0 unspecified atom stereocenters. The van der Waals surface area contributed by atoms with E-state index in [-0.39, 0.29) is 5.41 Å². The molecule has 0 saturated carbocycles. The average molecular weight is 311 g/mol. The summed E-state index contributed by atoms with van der Waals surface area (Å²) >= 11 is 3.43. The van der Waals surface area contributed by atoms with E-state index in [0.29, 0.717) is 5.84 Å². The fourth-order valence-corrected chi connectivity index (χ4v) is 2.79. The molecule has 0 atom stereocenters. The van der Waals surface area contributed by atoms with Gasteiger partial charge in [-0.3, -0.25) is 5.41 Å². The second kappa shape index (κ2) is 4.88. The first kappa shape index (κ1) is 13.3. The molecule has 1 fully saturated rings. The number of nitrogens with zero attached hydrogens (tertiary/aromatic N) is 2. The Labute approximate surface area is 116 Å². The number of aromatic nitrogens is 1. The van der Waals surface area contributed by atoms with Crippen LogP contribution in [0.4, 0.5) is 5.82 Å². The van der Waals surface area contributed by atoms with E-state index in [9.17, 15) is 0 Å². The summed E-state index contributed by atoms with van der Waals surface area (Å²) in [6, 6.07) is 2.08. The van der Waals surface area contributed by atoms with Gasteiger partial charge in [0, 0.05) is 29.2 Å². The fourth-order valence-electron chi connectivity index (χ4n) is 2.35. The van der Waals surface area contributed by atoms with E-state index < -0.39 is 0 Å². The molecule has 1 saturated heterocycles. The molecular weight excluding hydrogens is 292 g/mol. The number of hydrogen-bond acceptors (Lipinski definition) is 3. The molecule has 0 aliphatic carbocycles. The van der Waals surface area contributed by atoms with Crippen LogP contribution >= 0.6 is 15.9 Å². The molecule has 18 heavy (non-hydrogen) atoms. The van der Waals surface area contributed by atoms with E-state index in [2.05, 4.69) is 45.7 Å². The number of halogens is 1. The maximum atomic E-state index is 7.66. The Morgan fingerprint density at radius 1 is 1.50 bits per heavy atom. The molecule has 1 aliphatic heterocycles. The summed E-state index contributed by atoms with van der Waals surface area (Å²) in [6.45, 7) is 5.97.